The van der Waals surface area contributed by atoms with Gasteiger partial charge in [0.15, 0.2) is 0 Å². The van der Waals surface area contributed by atoms with Crippen LogP contribution in [0.15, 0.2) is 53.3 Å². The van der Waals surface area contributed by atoms with Crippen molar-refractivity contribution in [3.8, 4) is 16.8 Å². The Morgan fingerprint density at radius 1 is 1.22 bits per heavy atom. The maximum atomic E-state index is 13.1. The van der Waals surface area contributed by atoms with Crippen molar-refractivity contribution < 1.29 is 4.79 Å². The molecule has 2 aromatic heterocycles. The first-order valence-corrected chi connectivity index (χ1v) is 10.1. The number of benzene rings is 1. The summed E-state index contributed by atoms with van der Waals surface area (Å²) in [5, 5.41) is 0. The van der Waals surface area contributed by atoms with Crippen LogP contribution in [0.25, 0.3) is 16.8 Å². The first kappa shape index (κ1) is 16.8. The van der Waals surface area contributed by atoms with E-state index < -0.39 is 0 Å². The van der Waals surface area contributed by atoms with Crippen molar-refractivity contribution in [3.05, 3.63) is 70.2 Å². The van der Waals surface area contributed by atoms with Crippen LogP contribution in [-0.4, -0.2) is 27.4 Å². The van der Waals surface area contributed by atoms with Crippen LogP contribution in [0, 0.1) is 0 Å². The number of fused-ring (bicyclic) bond motifs is 4. The van der Waals surface area contributed by atoms with E-state index in [0.717, 1.165) is 46.2 Å². The van der Waals surface area contributed by atoms with E-state index in [2.05, 4.69) is 52.1 Å². The number of rotatable bonds is 2. The quantitative estimate of drug-likeness (QED) is 0.587. The first-order valence-electron chi connectivity index (χ1n) is 9.30. The number of carbonyl (C=O) groups is 1. The fraction of sp³-hybridized carbons (Fsp3) is 0.273. The smallest absolute Gasteiger partial charge is 0.271 e. The second kappa shape index (κ2) is 5.80. The standard InChI is InChI=1S/C22H20BrN3O/c1-3-18-16(5-4-10-24-18)14-6-7-17-19(11-14)26-13-15(23)12-20(26)21(27)25(2)22(17)8-9-22/h4-7,10-13H,3,8-9H2,1-2H3. The lowest BCUT2D eigenvalue weighted by atomic mass is 9.95. The molecule has 0 radical (unpaired) electrons. The summed E-state index contributed by atoms with van der Waals surface area (Å²) < 4.78 is 2.95. The van der Waals surface area contributed by atoms with Gasteiger partial charge in [0.1, 0.15) is 5.69 Å². The molecule has 136 valence electrons. The van der Waals surface area contributed by atoms with Crippen LogP contribution in [-0.2, 0) is 12.0 Å². The van der Waals surface area contributed by atoms with Gasteiger partial charge in [0.25, 0.3) is 5.91 Å². The SMILES string of the molecule is CCc1ncccc1-c1ccc2c(c1)-n1cc(Br)cc1C(=O)N(C)C21CC1. The molecule has 0 unspecified atom stereocenters. The number of carbonyl (C=O) groups excluding carboxylic acids is 1. The lowest BCUT2D eigenvalue weighted by Crippen LogP contribution is -2.36. The molecule has 0 bridgehead atoms. The van der Waals surface area contributed by atoms with E-state index in [1.54, 1.807) is 0 Å². The summed E-state index contributed by atoms with van der Waals surface area (Å²) in [4.78, 5) is 19.6. The molecule has 1 spiro atoms. The molecule has 3 heterocycles. The molecule has 4 nitrogen and oxygen atoms in total. The number of pyridine rings is 1. The lowest BCUT2D eigenvalue weighted by Gasteiger charge is -2.27. The zero-order valence-electron chi connectivity index (χ0n) is 15.4. The highest BCUT2D eigenvalue weighted by Gasteiger charge is 2.53. The van der Waals surface area contributed by atoms with E-state index in [4.69, 9.17) is 0 Å². The van der Waals surface area contributed by atoms with Crippen molar-refractivity contribution in [3.63, 3.8) is 0 Å². The average Bonchev–Trinajstić information content (AvgIpc) is 3.42. The van der Waals surface area contributed by atoms with Crippen LogP contribution in [0.3, 0.4) is 0 Å². The Hall–Kier alpha value is -2.40. The molecule has 3 aromatic rings. The Labute approximate surface area is 167 Å². The topological polar surface area (TPSA) is 38.1 Å². The third-order valence-electron chi connectivity index (χ3n) is 5.97. The van der Waals surface area contributed by atoms with Gasteiger partial charge in [-0.25, -0.2) is 0 Å². The molecule has 1 fully saturated rings. The molecule has 1 aliphatic heterocycles. The van der Waals surface area contributed by atoms with Crippen LogP contribution in [0.5, 0.6) is 0 Å². The van der Waals surface area contributed by atoms with Crippen molar-refractivity contribution in [2.24, 2.45) is 0 Å². The van der Waals surface area contributed by atoms with Gasteiger partial charge in [-0.3, -0.25) is 9.78 Å². The molecule has 1 aromatic carbocycles. The van der Waals surface area contributed by atoms with E-state index in [9.17, 15) is 4.79 Å². The minimum atomic E-state index is -0.168. The van der Waals surface area contributed by atoms with Gasteiger partial charge in [-0.15, -0.1) is 0 Å². The average molecular weight is 422 g/mol. The van der Waals surface area contributed by atoms with Gasteiger partial charge >= 0.3 is 0 Å². The fourth-order valence-corrected chi connectivity index (χ4v) is 4.76. The third-order valence-corrected chi connectivity index (χ3v) is 6.40. The molecule has 1 saturated carbocycles. The number of aryl methyl sites for hydroxylation is 1. The van der Waals surface area contributed by atoms with Crippen molar-refractivity contribution in [2.45, 2.75) is 31.7 Å². The summed E-state index contributed by atoms with van der Waals surface area (Å²) in [5.74, 6) is 0.0755. The zero-order valence-corrected chi connectivity index (χ0v) is 17.0. The van der Waals surface area contributed by atoms with E-state index in [0.29, 0.717) is 5.69 Å². The first-order chi connectivity index (χ1) is 13.0. The van der Waals surface area contributed by atoms with Crippen LogP contribution < -0.4 is 0 Å². The molecule has 5 rings (SSSR count). The van der Waals surface area contributed by atoms with Crippen molar-refractivity contribution in [2.75, 3.05) is 7.05 Å². The Morgan fingerprint density at radius 3 is 2.78 bits per heavy atom. The highest BCUT2D eigenvalue weighted by atomic mass is 79.9. The minimum absolute atomic E-state index is 0.0755. The molecule has 1 amide bonds. The van der Waals surface area contributed by atoms with Gasteiger partial charge in [-0.1, -0.05) is 25.1 Å². The molecule has 27 heavy (non-hydrogen) atoms. The van der Waals surface area contributed by atoms with Crippen molar-refractivity contribution in [1.82, 2.24) is 14.5 Å². The summed E-state index contributed by atoms with van der Waals surface area (Å²) >= 11 is 3.55. The molecule has 0 saturated heterocycles. The Balaban J connectivity index is 1.78. The highest BCUT2D eigenvalue weighted by Crippen LogP contribution is 2.54. The van der Waals surface area contributed by atoms with Crippen LogP contribution in [0.4, 0.5) is 0 Å². The summed E-state index contributed by atoms with van der Waals surface area (Å²) in [7, 11) is 1.93. The number of hydrogen-bond acceptors (Lipinski definition) is 2. The summed E-state index contributed by atoms with van der Waals surface area (Å²) in [6, 6.07) is 12.6. The second-order valence-electron chi connectivity index (χ2n) is 7.39. The molecule has 2 aliphatic rings. The maximum absolute atomic E-state index is 13.1. The van der Waals surface area contributed by atoms with E-state index in [1.165, 1.54) is 5.56 Å². The zero-order chi connectivity index (χ0) is 18.8. The number of aromatic nitrogens is 2. The summed E-state index contributed by atoms with van der Waals surface area (Å²) in [6.07, 6.45) is 6.76. The van der Waals surface area contributed by atoms with Crippen molar-refractivity contribution >= 4 is 21.8 Å². The summed E-state index contributed by atoms with van der Waals surface area (Å²) in [5.41, 5.74) is 6.24. The van der Waals surface area contributed by atoms with Crippen LogP contribution in [0.2, 0.25) is 0 Å². The van der Waals surface area contributed by atoms with Crippen LogP contribution in [0.1, 0.15) is 41.5 Å². The van der Waals surface area contributed by atoms with Gasteiger partial charge in [0, 0.05) is 40.7 Å². The molecule has 0 atom stereocenters. The third kappa shape index (κ3) is 2.34. The Morgan fingerprint density at radius 2 is 2.04 bits per heavy atom. The molecule has 0 N–H and O–H groups in total. The predicted molar refractivity (Wildman–Crippen MR) is 109 cm³/mol. The Bertz CT molecular complexity index is 1080. The van der Waals surface area contributed by atoms with Gasteiger partial charge in [-0.2, -0.15) is 0 Å². The van der Waals surface area contributed by atoms with Crippen LogP contribution >= 0.6 is 15.9 Å². The number of nitrogens with zero attached hydrogens (tertiary/aromatic N) is 3. The lowest BCUT2D eigenvalue weighted by molar-refractivity contribution is 0.0705. The monoisotopic (exact) mass is 421 g/mol. The number of halogens is 1. The van der Waals surface area contributed by atoms with E-state index >= 15 is 0 Å². The predicted octanol–water partition coefficient (Wildman–Crippen LogP) is 4.94. The van der Waals surface area contributed by atoms with Crippen molar-refractivity contribution in [1.29, 1.82) is 0 Å². The highest BCUT2D eigenvalue weighted by molar-refractivity contribution is 9.10. The number of hydrogen-bond donors (Lipinski definition) is 0. The van der Waals surface area contributed by atoms with E-state index in [1.807, 2.05) is 41.0 Å². The van der Waals surface area contributed by atoms with Gasteiger partial charge in [-0.05, 0) is 59.0 Å². The summed E-state index contributed by atoms with van der Waals surface area (Å²) in [6.45, 7) is 2.13. The molecular formula is C22H20BrN3O. The molecule has 5 heteroatoms. The largest absolute Gasteiger partial charge is 0.331 e. The van der Waals surface area contributed by atoms with Gasteiger partial charge < -0.3 is 9.47 Å². The second-order valence-corrected chi connectivity index (χ2v) is 8.31. The number of amides is 1. The normalized spacial score (nSPS) is 16.9. The fourth-order valence-electron chi connectivity index (χ4n) is 4.34. The van der Waals surface area contributed by atoms with Gasteiger partial charge in [0.2, 0.25) is 0 Å². The molecular weight excluding hydrogens is 402 g/mol. The maximum Gasteiger partial charge on any atom is 0.271 e. The minimum Gasteiger partial charge on any atom is -0.331 e. The Kier molecular flexibility index (Phi) is 3.60. The van der Waals surface area contributed by atoms with E-state index in [-0.39, 0.29) is 11.4 Å². The molecule has 1 aliphatic carbocycles. The van der Waals surface area contributed by atoms with Gasteiger partial charge in [0.05, 0.1) is 11.2 Å².